The molecular formula is C26H31BN2O2. The number of rotatable bonds is 1. The van der Waals surface area contributed by atoms with E-state index in [4.69, 9.17) is 19.3 Å². The minimum Gasteiger partial charge on any atom is -0.398 e. The molecule has 6 aliphatic rings. The third-order valence-corrected chi connectivity index (χ3v) is 9.74. The molecule has 31 heavy (non-hydrogen) atoms. The topological polar surface area (TPSA) is 44.2 Å². The molecule has 5 fully saturated rings. The van der Waals surface area contributed by atoms with Gasteiger partial charge in [-0.25, -0.2) is 0 Å². The highest BCUT2D eigenvalue weighted by Gasteiger charge is 2.63. The van der Waals surface area contributed by atoms with E-state index < -0.39 is 7.12 Å². The summed E-state index contributed by atoms with van der Waals surface area (Å²) in [5.74, 6) is 3.22. The van der Waals surface area contributed by atoms with E-state index in [1.807, 2.05) is 6.20 Å². The summed E-state index contributed by atoms with van der Waals surface area (Å²) < 4.78 is 12.8. The first-order valence-electron chi connectivity index (χ1n) is 12.1. The van der Waals surface area contributed by atoms with Gasteiger partial charge in [0.25, 0.3) is 0 Å². The Morgan fingerprint density at radius 2 is 1.52 bits per heavy atom. The van der Waals surface area contributed by atoms with Gasteiger partial charge in [0.1, 0.15) is 0 Å². The minimum absolute atomic E-state index is 0.0337. The lowest BCUT2D eigenvalue weighted by atomic mass is 9.43. The molecule has 0 N–H and O–H groups in total. The van der Waals surface area contributed by atoms with Crippen LogP contribution in [-0.2, 0) is 14.7 Å². The molecule has 8 rings (SSSR count). The van der Waals surface area contributed by atoms with Crippen molar-refractivity contribution in [3.8, 4) is 11.3 Å². The monoisotopic (exact) mass is 414 g/mol. The zero-order chi connectivity index (χ0) is 21.2. The molecule has 2 aromatic rings. The number of hydrogen-bond donors (Lipinski definition) is 0. The molecule has 5 heteroatoms. The van der Waals surface area contributed by atoms with Gasteiger partial charge >= 0.3 is 7.12 Å². The van der Waals surface area contributed by atoms with E-state index in [9.17, 15) is 0 Å². The SMILES string of the molecule is CC1(C)OB(c2ccc3c(n2)C2(c4cccnc4-3)C3CC4CC(C3)CC2C4)OC1(C)C. The van der Waals surface area contributed by atoms with Crippen molar-refractivity contribution in [3.05, 3.63) is 41.7 Å². The van der Waals surface area contributed by atoms with Gasteiger partial charge in [0.2, 0.25) is 0 Å². The summed E-state index contributed by atoms with van der Waals surface area (Å²) in [4.78, 5) is 10.3. The molecule has 4 nitrogen and oxygen atoms in total. The number of hydrogen-bond acceptors (Lipinski definition) is 4. The number of fused-ring (bicyclic) bond motifs is 3. The quantitative estimate of drug-likeness (QED) is 0.645. The van der Waals surface area contributed by atoms with Crippen LogP contribution in [0.2, 0.25) is 0 Å². The average Bonchev–Trinajstić information content (AvgIpc) is 3.13. The normalized spacial score (nSPS) is 38.0. The van der Waals surface area contributed by atoms with Crippen molar-refractivity contribution < 1.29 is 9.31 Å². The van der Waals surface area contributed by atoms with Crippen LogP contribution in [0.4, 0.5) is 0 Å². The zero-order valence-corrected chi connectivity index (χ0v) is 19.0. The van der Waals surface area contributed by atoms with Gasteiger partial charge in [-0.05, 0) is 107 Å². The van der Waals surface area contributed by atoms with Crippen molar-refractivity contribution in [1.82, 2.24) is 9.97 Å². The van der Waals surface area contributed by atoms with Crippen LogP contribution in [-0.4, -0.2) is 28.3 Å². The van der Waals surface area contributed by atoms with Crippen LogP contribution in [0, 0.1) is 23.7 Å². The van der Waals surface area contributed by atoms with Crippen LogP contribution in [0.1, 0.15) is 71.1 Å². The second-order valence-electron chi connectivity index (χ2n) is 11.8. The van der Waals surface area contributed by atoms with Crippen LogP contribution < -0.4 is 5.59 Å². The van der Waals surface area contributed by atoms with Gasteiger partial charge in [-0.15, -0.1) is 0 Å². The highest BCUT2D eigenvalue weighted by molar-refractivity contribution is 6.61. The van der Waals surface area contributed by atoms with E-state index in [1.165, 1.54) is 48.9 Å². The Morgan fingerprint density at radius 1 is 0.871 bits per heavy atom. The highest BCUT2D eigenvalue weighted by Crippen LogP contribution is 2.68. The molecule has 1 saturated heterocycles. The van der Waals surface area contributed by atoms with Crippen molar-refractivity contribution in [2.24, 2.45) is 23.7 Å². The lowest BCUT2D eigenvalue weighted by molar-refractivity contribution is -0.0415. The van der Waals surface area contributed by atoms with E-state index in [1.54, 1.807) is 0 Å². The maximum absolute atomic E-state index is 6.38. The lowest BCUT2D eigenvalue weighted by Crippen LogP contribution is -2.56. The fraction of sp³-hybridized carbons (Fsp3) is 0.615. The average molecular weight is 414 g/mol. The summed E-state index contributed by atoms with van der Waals surface area (Å²) in [6, 6.07) is 8.83. The second-order valence-corrected chi connectivity index (χ2v) is 11.8. The van der Waals surface area contributed by atoms with E-state index in [0.717, 1.165) is 23.1 Å². The van der Waals surface area contributed by atoms with Crippen LogP contribution in [0.15, 0.2) is 30.5 Å². The molecule has 4 bridgehead atoms. The first-order chi connectivity index (χ1) is 14.8. The molecule has 5 aliphatic carbocycles. The van der Waals surface area contributed by atoms with Crippen LogP contribution in [0.3, 0.4) is 0 Å². The predicted molar refractivity (Wildman–Crippen MR) is 121 cm³/mol. The Bertz CT molecular complexity index is 1050. The molecule has 0 unspecified atom stereocenters. The Balaban J connectivity index is 1.40. The second kappa shape index (κ2) is 5.79. The fourth-order valence-corrected chi connectivity index (χ4v) is 7.91. The van der Waals surface area contributed by atoms with E-state index in [0.29, 0.717) is 11.8 Å². The van der Waals surface area contributed by atoms with Gasteiger partial charge < -0.3 is 9.31 Å². The van der Waals surface area contributed by atoms with Gasteiger partial charge in [0.05, 0.1) is 28.2 Å². The molecule has 4 saturated carbocycles. The lowest BCUT2D eigenvalue weighted by Gasteiger charge is -2.60. The van der Waals surface area contributed by atoms with Gasteiger partial charge in [0.15, 0.2) is 0 Å². The Morgan fingerprint density at radius 3 is 2.16 bits per heavy atom. The van der Waals surface area contributed by atoms with E-state index in [-0.39, 0.29) is 16.6 Å². The highest BCUT2D eigenvalue weighted by atomic mass is 16.7. The molecule has 0 amide bonds. The minimum atomic E-state index is -0.416. The molecule has 3 heterocycles. The summed E-state index contributed by atoms with van der Waals surface area (Å²) in [7, 11) is -0.416. The Hall–Kier alpha value is -1.72. The third-order valence-electron chi connectivity index (χ3n) is 9.74. The Kier molecular flexibility index (Phi) is 3.52. The van der Waals surface area contributed by atoms with Crippen molar-refractivity contribution in [1.29, 1.82) is 0 Å². The van der Waals surface area contributed by atoms with Gasteiger partial charge in [-0.1, -0.05) is 6.07 Å². The molecule has 0 aromatic carbocycles. The molecule has 0 radical (unpaired) electrons. The predicted octanol–water partition coefficient (Wildman–Crippen LogP) is 4.50. The summed E-state index contributed by atoms with van der Waals surface area (Å²) in [6.45, 7) is 8.44. The standard InChI is InChI=1S/C26H31BN2O2/c1-24(2)25(3,4)31-27(30-24)21-8-7-19-22-20(6-5-9-28-22)26(23(19)29-21)17-11-15-10-16(13-17)14-18(26)12-15/h5-9,15-18H,10-14H2,1-4H3. The summed E-state index contributed by atoms with van der Waals surface area (Å²) >= 11 is 0. The van der Waals surface area contributed by atoms with E-state index >= 15 is 0 Å². The van der Waals surface area contributed by atoms with Crippen LogP contribution in [0.25, 0.3) is 11.3 Å². The van der Waals surface area contributed by atoms with E-state index in [2.05, 4.69) is 52.0 Å². The van der Waals surface area contributed by atoms with Crippen LogP contribution in [0.5, 0.6) is 0 Å². The summed E-state index contributed by atoms with van der Waals surface area (Å²) in [6.07, 6.45) is 8.80. The molecule has 2 aromatic heterocycles. The first kappa shape index (κ1) is 18.8. The molecule has 1 aliphatic heterocycles. The maximum Gasteiger partial charge on any atom is 0.514 e. The number of nitrogens with zero attached hydrogens (tertiary/aromatic N) is 2. The smallest absolute Gasteiger partial charge is 0.398 e. The molecule has 160 valence electrons. The van der Waals surface area contributed by atoms with Crippen molar-refractivity contribution in [2.75, 3.05) is 0 Å². The molecule has 1 spiro atoms. The summed E-state index contributed by atoms with van der Waals surface area (Å²) in [5.41, 5.74) is 5.34. The maximum atomic E-state index is 6.38. The van der Waals surface area contributed by atoms with Crippen molar-refractivity contribution in [3.63, 3.8) is 0 Å². The molecular weight excluding hydrogens is 383 g/mol. The summed E-state index contributed by atoms with van der Waals surface area (Å²) in [5, 5.41) is 0. The largest absolute Gasteiger partial charge is 0.514 e. The molecule has 0 atom stereocenters. The van der Waals surface area contributed by atoms with Crippen LogP contribution >= 0.6 is 0 Å². The Labute approximate surface area is 185 Å². The first-order valence-corrected chi connectivity index (χ1v) is 12.1. The number of pyridine rings is 2. The fourth-order valence-electron chi connectivity index (χ4n) is 7.91. The zero-order valence-electron chi connectivity index (χ0n) is 19.0. The van der Waals surface area contributed by atoms with Gasteiger partial charge in [0, 0.05) is 17.2 Å². The van der Waals surface area contributed by atoms with Crippen molar-refractivity contribution in [2.45, 2.75) is 76.4 Å². The van der Waals surface area contributed by atoms with Crippen molar-refractivity contribution >= 4 is 12.7 Å². The van der Waals surface area contributed by atoms with Gasteiger partial charge in [-0.3, -0.25) is 9.97 Å². The number of aromatic nitrogens is 2. The third kappa shape index (κ3) is 2.25. The van der Waals surface area contributed by atoms with Gasteiger partial charge in [-0.2, -0.15) is 0 Å².